The van der Waals surface area contributed by atoms with Crippen LogP contribution in [0.3, 0.4) is 0 Å². The van der Waals surface area contributed by atoms with E-state index in [1.54, 1.807) is 12.1 Å². The minimum absolute atomic E-state index is 0.250. The van der Waals surface area contributed by atoms with E-state index in [4.69, 9.17) is 0 Å². The summed E-state index contributed by atoms with van der Waals surface area (Å²) in [6.07, 6.45) is 0. The number of carbonyl (C=O) groups excluding carboxylic acids is 1. The van der Waals surface area contributed by atoms with Crippen molar-refractivity contribution < 1.29 is 9.36 Å². The summed E-state index contributed by atoms with van der Waals surface area (Å²) >= 11 is 0. The number of carbonyl (C=O) groups is 1. The number of rotatable bonds is 1. The topological polar surface area (TPSA) is 34.1 Å². The molecule has 2 nitrogen and oxygen atoms in total. The van der Waals surface area contributed by atoms with E-state index in [1.165, 1.54) is 0 Å². The molecule has 3 heteroatoms. The maximum Gasteiger partial charge on any atom is 0.231 e. The van der Waals surface area contributed by atoms with Gasteiger partial charge in [0.15, 0.2) is 0 Å². The summed E-state index contributed by atoms with van der Waals surface area (Å²) in [6, 6.07) is 20.7. The van der Waals surface area contributed by atoms with E-state index in [-0.39, 0.29) is 5.52 Å². The monoisotopic (exact) mass is 332 g/mol. The molecule has 0 N–H and O–H groups in total. The van der Waals surface area contributed by atoms with Gasteiger partial charge in [-0.1, -0.05) is 72.3 Å². The van der Waals surface area contributed by atoms with Crippen molar-refractivity contribution in [2.75, 3.05) is 0 Å². The summed E-state index contributed by atoms with van der Waals surface area (Å²) in [5.74, 6) is 0. The molecular weight excluding hydrogens is 315 g/mol. The van der Waals surface area contributed by atoms with Crippen LogP contribution in [0.5, 0.6) is 0 Å². The molecule has 1 aliphatic rings. The molecular formula is C21H17O2P. The Hall–Kier alpha value is -2.44. The third-order valence-corrected chi connectivity index (χ3v) is 7.52. The molecule has 1 heterocycles. The van der Waals surface area contributed by atoms with Crippen LogP contribution in [-0.2, 0) is 4.57 Å². The summed E-state index contributed by atoms with van der Waals surface area (Å²) in [7, 11) is -3.36. The number of benzene rings is 3. The van der Waals surface area contributed by atoms with E-state index in [9.17, 15) is 9.36 Å². The van der Waals surface area contributed by atoms with Gasteiger partial charge in [-0.05, 0) is 30.5 Å². The fraction of sp³-hybridized carbons (Fsp3) is 0.0952. The lowest BCUT2D eigenvalue weighted by Crippen LogP contribution is -2.28. The second-order valence-electron chi connectivity index (χ2n) is 6.27. The smallest absolute Gasteiger partial charge is 0.231 e. The minimum Gasteiger partial charge on any atom is -0.305 e. The highest BCUT2D eigenvalue weighted by Crippen LogP contribution is 2.54. The Kier molecular flexibility index (Phi) is 3.33. The Morgan fingerprint density at radius 1 is 0.792 bits per heavy atom. The van der Waals surface area contributed by atoms with Gasteiger partial charge in [0, 0.05) is 16.2 Å². The van der Waals surface area contributed by atoms with Crippen LogP contribution >= 0.6 is 7.14 Å². The molecule has 0 bridgehead atoms. The van der Waals surface area contributed by atoms with Gasteiger partial charge >= 0.3 is 0 Å². The van der Waals surface area contributed by atoms with Gasteiger partial charge in [-0.3, -0.25) is 4.79 Å². The summed E-state index contributed by atoms with van der Waals surface area (Å²) in [5.41, 5.74) is 4.15. The lowest BCUT2D eigenvalue weighted by Gasteiger charge is -2.28. The van der Waals surface area contributed by atoms with E-state index in [1.807, 2.05) is 68.4 Å². The van der Waals surface area contributed by atoms with E-state index >= 15 is 0 Å². The van der Waals surface area contributed by atoms with Gasteiger partial charge in [-0.15, -0.1) is 0 Å². The average molecular weight is 332 g/mol. The average Bonchev–Trinajstić information content (AvgIpc) is 2.60. The van der Waals surface area contributed by atoms with Gasteiger partial charge in [-0.2, -0.15) is 0 Å². The Morgan fingerprint density at radius 2 is 1.46 bits per heavy atom. The van der Waals surface area contributed by atoms with Crippen LogP contribution in [0.15, 0.2) is 66.7 Å². The lowest BCUT2D eigenvalue weighted by molar-refractivity contribution is 0.107. The van der Waals surface area contributed by atoms with Gasteiger partial charge in [0.1, 0.15) is 0 Å². The number of hydrogen-bond acceptors (Lipinski definition) is 2. The molecule has 4 rings (SSSR count). The maximum absolute atomic E-state index is 14.0. The highest BCUT2D eigenvalue weighted by Gasteiger charge is 2.43. The zero-order valence-corrected chi connectivity index (χ0v) is 14.5. The predicted octanol–water partition coefficient (Wildman–Crippen LogP) is 4.44. The van der Waals surface area contributed by atoms with Crippen LogP contribution in [-0.4, -0.2) is 5.52 Å². The van der Waals surface area contributed by atoms with Gasteiger partial charge in [0.2, 0.25) is 12.7 Å². The van der Waals surface area contributed by atoms with E-state index in [0.717, 1.165) is 22.3 Å². The van der Waals surface area contributed by atoms with Crippen molar-refractivity contribution in [2.45, 2.75) is 13.8 Å². The normalized spacial score (nSPS) is 18.8. The second kappa shape index (κ2) is 5.29. The Labute approximate surface area is 141 Å². The fourth-order valence-electron chi connectivity index (χ4n) is 3.60. The third kappa shape index (κ3) is 1.96. The highest BCUT2D eigenvalue weighted by molar-refractivity contribution is 7.94. The Balaban J connectivity index is 2.14. The van der Waals surface area contributed by atoms with Gasteiger partial charge in [0.05, 0.1) is 0 Å². The summed E-state index contributed by atoms with van der Waals surface area (Å²) in [4.78, 5) is 13.4. The van der Waals surface area contributed by atoms with Crippen molar-refractivity contribution in [3.63, 3.8) is 0 Å². The molecule has 0 radical (unpaired) electrons. The van der Waals surface area contributed by atoms with E-state index in [2.05, 4.69) is 0 Å². The van der Waals surface area contributed by atoms with Gasteiger partial charge in [-0.25, -0.2) is 0 Å². The lowest BCUT2D eigenvalue weighted by atomic mass is 9.94. The molecule has 1 aliphatic heterocycles. The van der Waals surface area contributed by atoms with Crippen molar-refractivity contribution in [3.8, 4) is 11.1 Å². The first-order valence-corrected chi connectivity index (χ1v) is 9.66. The molecule has 0 aliphatic carbocycles. The van der Waals surface area contributed by atoms with Crippen molar-refractivity contribution in [3.05, 3.63) is 83.4 Å². The molecule has 0 aromatic heterocycles. The third-order valence-electron chi connectivity index (χ3n) is 4.63. The summed E-state index contributed by atoms with van der Waals surface area (Å²) < 4.78 is 14.0. The van der Waals surface area contributed by atoms with Crippen molar-refractivity contribution in [1.82, 2.24) is 0 Å². The molecule has 1 atom stereocenters. The van der Waals surface area contributed by atoms with Crippen LogP contribution in [0, 0.1) is 13.8 Å². The highest BCUT2D eigenvalue weighted by atomic mass is 31.2. The molecule has 0 spiro atoms. The largest absolute Gasteiger partial charge is 0.305 e. The first-order valence-electron chi connectivity index (χ1n) is 7.95. The molecule has 118 valence electrons. The van der Waals surface area contributed by atoms with Crippen molar-refractivity contribution in [2.24, 2.45) is 0 Å². The molecule has 3 aromatic carbocycles. The summed E-state index contributed by atoms with van der Waals surface area (Å²) in [5, 5.41) is 1.26. The molecule has 0 amide bonds. The molecule has 0 saturated heterocycles. The Morgan fingerprint density at radius 3 is 2.21 bits per heavy atom. The van der Waals surface area contributed by atoms with Gasteiger partial charge in [0.25, 0.3) is 0 Å². The van der Waals surface area contributed by atoms with E-state index in [0.29, 0.717) is 16.2 Å². The predicted molar refractivity (Wildman–Crippen MR) is 99.0 cm³/mol. The second-order valence-corrected chi connectivity index (χ2v) is 8.89. The zero-order chi connectivity index (χ0) is 16.9. The number of fused-ring (bicyclic) bond motifs is 3. The van der Waals surface area contributed by atoms with Crippen LogP contribution in [0.4, 0.5) is 0 Å². The standard InChI is InChI=1S/C21H17O2P/c1-14-12-15(2)20-18(13-14)17-10-6-7-11-19(17)24(23,21(20)22)16-8-4-3-5-9-16/h3-13H,1-2H3. The van der Waals surface area contributed by atoms with Crippen LogP contribution < -0.4 is 10.6 Å². The molecule has 24 heavy (non-hydrogen) atoms. The first kappa shape index (κ1) is 15.1. The molecule has 1 unspecified atom stereocenters. The van der Waals surface area contributed by atoms with Crippen LogP contribution in [0.1, 0.15) is 21.5 Å². The zero-order valence-electron chi connectivity index (χ0n) is 13.6. The van der Waals surface area contributed by atoms with Crippen LogP contribution in [0.25, 0.3) is 11.1 Å². The quantitative estimate of drug-likeness (QED) is 0.618. The fourth-order valence-corrected chi connectivity index (χ4v) is 6.37. The SMILES string of the molecule is Cc1cc(C)c2c(c1)-c1ccccc1P(=O)(c1ccccc1)C2=O. The van der Waals surface area contributed by atoms with Gasteiger partial charge < -0.3 is 4.57 Å². The first-order chi connectivity index (χ1) is 11.5. The number of aryl methyl sites for hydroxylation is 2. The maximum atomic E-state index is 14.0. The van der Waals surface area contributed by atoms with Crippen molar-refractivity contribution >= 4 is 23.3 Å². The Bertz CT molecular complexity index is 1020. The molecule has 0 saturated carbocycles. The molecule has 3 aromatic rings. The summed E-state index contributed by atoms with van der Waals surface area (Å²) in [6.45, 7) is 3.94. The molecule has 0 fully saturated rings. The van der Waals surface area contributed by atoms with E-state index < -0.39 is 7.14 Å². The van der Waals surface area contributed by atoms with Crippen LogP contribution in [0.2, 0.25) is 0 Å². The number of hydrogen-bond donors (Lipinski definition) is 0. The minimum atomic E-state index is -3.36. The van der Waals surface area contributed by atoms with Crippen molar-refractivity contribution in [1.29, 1.82) is 0 Å².